The first-order valence-corrected chi connectivity index (χ1v) is 4.37. The molecule has 0 aliphatic rings. The van der Waals surface area contributed by atoms with E-state index in [1.54, 1.807) is 18.2 Å². The topological polar surface area (TPSA) is 33.0 Å². The Kier molecular flexibility index (Phi) is 3.47. The lowest BCUT2D eigenvalue weighted by Gasteiger charge is -2.12. The van der Waals surface area contributed by atoms with Crippen LogP contribution < -0.4 is 4.74 Å². The van der Waals surface area contributed by atoms with Crippen molar-refractivity contribution >= 4 is 0 Å². The van der Waals surface area contributed by atoms with Crippen molar-refractivity contribution in [1.82, 2.24) is 0 Å². The Bertz CT molecular complexity index is 355. The molecule has 0 radical (unpaired) electrons. The lowest BCUT2D eigenvalue weighted by atomic mass is 10.0. The predicted molar refractivity (Wildman–Crippen MR) is 51.8 cm³/mol. The molecule has 0 aromatic heterocycles. The first-order valence-electron chi connectivity index (χ1n) is 4.37. The van der Waals surface area contributed by atoms with Gasteiger partial charge in [0.05, 0.1) is 19.6 Å². The second-order valence-electron chi connectivity index (χ2n) is 2.99. The first kappa shape index (κ1) is 10.5. The fraction of sp³-hybridized carbons (Fsp3) is 0.364. The Balaban J connectivity index is 3.19. The van der Waals surface area contributed by atoms with E-state index in [-0.39, 0.29) is 6.42 Å². The van der Waals surface area contributed by atoms with Gasteiger partial charge in [-0.3, -0.25) is 0 Å². The van der Waals surface area contributed by atoms with Crippen LogP contribution >= 0.6 is 0 Å². The Morgan fingerprint density at radius 1 is 1.57 bits per heavy atom. The minimum absolute atomic E-state index is 0.240. The Morgan fingerprint density at radius 2 is 2.29 bits per heavy atom. The monoisotopic (exact) mass is 193 g/mol. The minimum atomic E-state index is -1.08. The molecule has 0 bridgehead atoms. The summed E-state index contributed by atoms with van der Waals surface area (Å²) in [5.41, 5.74) is 1.23. The number of benzene rings is 1. The highest BCUT2D eigenvalue weighted by Gasteiger charge is 2.13. The van der Waals surface area contributed by atoms with Crippen molar-refractivity contribution in [2.24, 2.45) is 0 Å². The van der Waals surface area contributed by atoms with Crippen LogP contribution in [0.25, 0.3) is 0 Å². The van der Waals surface area contributed by atoms with Gasteiger partial charge in [0.2, 0.25) is 0 Å². The number of rotatable bonds is 3. The molecule has 0 saturated heterocycles. The number of halogens is 1. The van der Waals surface area contributed by atoms with Crippen LogP contribution in [0, 0.1) is 11.3 Å². The quantitative estimate of drug-likeness (QED) is 0.739. The van der Waals surface area contributed by atoms with Gasteiger partial charge in [-0.25, -0.2) is 4.39 Å². The second-order valence-corrected chi connectivity index (χ2v) is 2.99. The zero-order valence-corrected chi connectivity index (χ0v) is 8.25. The van der Waals surface area contributed by atoms with Gasteiger partial charge in [0, 0.05) is 11.1 Å². The van der Waals surface area contributed by atoms with Gasteiger partial charge in [0.25, 0.3) is 0 Å². The Labute approximate surface area is 82.9 Å². The van der Waals surface area contributed by atoms with E-state index in [2.05, 4.69) is 0 Å². The van der Waals surface area contributed by atoms with Crippen molar-refractivity contribution in [3.05, 3.63) is 29.3 Å². The summed E-state index contributed by atoms with van der Waals surface area (Å²) >= 11 is 0. The minimum Gasteiger partial charge on any atom is -0.496 e. The highest BCUT2D eigenvalue weighted by atomic mass is 19.1. The maximum Gasteiger partial charge on any atom is 0.129 e. The zero-order chi connectivity index (χ0) is 10.6. The van der Waals surface area contributed by atoms with Crippen LogP contribution in [0.3, 0.4) is 0 Å². The van der Waals surface area contributed by atoms with E-state index in [0.29, 0.717) is 11.3 Å². The summed E-state index contributed by atoms with van der Waals surface area (Å²) in [6.07, 6.45) is -0.840. The Morgan fingerprint density at radius 3 is 2.79 bits per heavy atom. The molecule has 1 rings (SSSR count). The molecule has 1 aromatic carbocycles. The normalized spacial score (nSPS) is 11.9. The summed E-state index contributed by atoms with van der Waals surface area (Å²) in [5.74, 6) is 0.490. The van der Waals surface area contributed by atoms with Gasteiger partial charge >= 0.3 is 0 Å². The fourth-order valence-corrected chi connectivity index (χ4v) is 1.39. The van der Waals surface area contributed by atoms with E-state index < -0.39 is 6.17 Å². The SMILES string of the molecule is COc1c(CC#N)cccc1C(C)F. The lowest BCUT2D eigenvalue weighted by Crippen LogP contribution is -1.97. The maximum atomic E-state index is 13.1. The second kappa shape index (κ2) is 4.61. The number of methoxy groups -OCH3 is 1. The average Bonchev–Trinajstić information content (AvgIpc) is 2.18. The molecule has 0 aliphatic carbocycles. The van der Waals surface area contributed by atoms with Crippen LogP contribution in [0.5, 0.6) is 5.75 Å². The van der Waals surface area contributed by atoms with Crippen LogP contribution in [0.2, 0.25) is 0 Å². The third-order valence-electron chi connectivity index (χ3n) is 2.03. The van der Waals surface area contributed by atoms with Crippen LogP contribution in [-0.2, 0) is 6.42 Å². The molecular formula is C11H12FNO. The number of hydrogen-bond acceptors (Lipinski definition) is 2. The summed E-state index contributed by atoms with van der Waals surface area (Å²) in [6.45, 7) is 1.45. The zero-order valence-electron chi connectivity index (χ0n) is 8.25. The first-order chi connectivity index (χ1) is 6.70. The van der Waals surface area contributed by atoms with Crippen LogP contribution in [-0.4, -0.2) is 7.11 Å². The smallest absolute Gasteiger partial charge is 0.129 e. The van der Waals surface area contributed by atoms with E-state index in [1.807, 2.05) is 6.07 Å². The molecule has 1 aromatic rings. The van der Waals surface area contributed by atoms with Crippen molar-refractivity contribution in [1.29, 1.82) is 5.26 Å². The number of ether oxygens (including phenoxy) is 1. The summed E-state index contributed by atoms with van der Waals surface area (Å²) in [5, 5.41) is 8.57. The van der Waals surface area contributed by atoms with Crippen LogP contribution in [0.4, 0.5) is 4.39 Å². The maximum absolute atomic E-state index is 13.1. The number of nitrogens with zero attached hydrogens (tertiary/aromatic N) is 1. The molecule has 1 atom stereocenters. The van der Waals surface area contributed by atoms with Gasteiger partial charge in [-0.2, -0.15) is 5.26 Å². The summed E-state index contributed by atoms with van der Waals surface area (Å²) < 4.78 is 18.2. The Hall–Kier alpha value is -1.56. The van der Waals surface area contributed by atoms with Gasteiger partial charge < -0.3 is 4.74 Å². The molecule has 0 spiro atoms. The fourth-order valence-electron chi connectivity index (χ4n) is 1.39. The van der Waals surface area contributed by atoms with E-state index in [0.717, 1.165) is 5.56 Å². The highest BCUT2D eigenvalue weighted by molar-refractivity contribution is 5.43. The van der Waals surface area contributed by atoms with Gasteiger partial charge in [0.15, 0.2) is 0 Å². The summed E-state index contributed by atoms with van der Waals surface area (Å²) in [7, 11) is 1.49. The molecule has 74 valence electrons. The van der Waals surface area contributed by atoms with E-state index >= 15 is 0 Å². The molecule has 3 heteroatoms. The lowest BCUT2D eigenvalue weighted by molar-refractivity contribution is 0.345. The van der Waals surface area contributed by atoms with Crippen molar-refractivity contribution in [2.45, 2.75) is 19.5 Å². The van der Waals surface area contributed by atoms with E-state index in [1.165, 1.54) is 14.0 Å². The summed E-state index contributed by atoms with van der Waals surface area (Å²) in [4.78, 5) is 0. The number of alkyl halides is 1. The van der Waals surface area contributed by atoms with Crippen molar-refractivity contribution in [2.75, 3.05) is 7.11 Å². The van der Waals surface area contributed by atoms with Crippen molar-refractivity contribution < 1.29 is 9.13 Å². The average molecular weight is 193 g/mol. The largest absolute Gasteiger partial charge is 0.496 e. The van der Waals surface area contributed by atoms with Gasteiger partial charge in [0.1, 0.15) is 11.9 Å². The van der Waals surface area contributed by atoms with Gasteiger partial charge in [-0.15, -0.1) is 0 Å². The molecule has 0 fully saturated rings. The van der Waals surface area contributed by atoms with E-state index in [9.17, 15) is 4.39 Å². The molecule has 1 unspecified atom stereocenters. The molecule has 2 nitrogen and oxygen atoms in total. The van der Waals surface area contributed by atoms with Crippen LogP contribution in [0.15, 0.2) is 18.2 Å². The molecule has 0 heterocycles. The molecule has 0 N–H and O–H groups in total. The number of para-hydroxylation sites is 1. The third-order valence-corrected chi connectivity index (χ3v) is 2.03. The van der Waals surface area contributed by atoms with Crippen LogP contribution in [0.1, 0.15) is 24.2 Å². The molecule has 0 saturated carbocycles. The summed E-state index contributed by atoms with van der Waals surface area (Å²) in [6, 6.07) is 7.20. The van der Waals surface area contributed by atoms with Gasteiger partial charge in [-0.1, -0.05) is 18.2 Å². The van der Waals surface area contributed by atoms with E-state index in [4.69, 9.17) is 10.00 Å². The highest BCUT2D eigenvalue weighted by Crippen LogP contribution is 2.30. The van der Waals surface area contributed by atoms with Crippen molar-refractivity contribution in [3.63, 3.8) is 0 Å². The third kappa shape index (κ3) is 2.02. The van der Waals surface area contributed by atoms with Gasteiger partial charge in [-0.05, 0) is 6.92 Å². The van der Waals surface area contributed by atoms with Crippen molar-refractivity contribution in [3.8, 4) is 11.8 Å². The number of hydrogen-bond donors (Lipinski definition) is 0. The standard InChI is InChI=1S/C11H12FNO/c1-8(12)10-5-3-4-9(6-7-13)11(10)14-2/h3-5,8H,6H2,1-2H3. The molecule has 0 aliphatic heterocycles. The predicted octanol–water partition coefficient (Wildman–Crippen LogP) is 2.79. The molecular weight excluding hydrogens is 181 g/mol. The molecule has 0 amide bonds. The molecule has 14 heavy (non-hydrogen) atoms. The number of nitriles is 1.